The molecule has 6 unspecified atom stereocenters. The normalized spacial score (nSPS) is 43.9. The van der Waals surface area contributed by atoms with Gasteiger partial charge >= 0.3 is 0 Å². The molecule has 0 N–H and O–H groups in total. The smallest absolute Gasteiger partial charge is 0.0169 e. The van der Waals surface area contributed by atoms with Gasteiger partial charge in [0, 0.05) is 21.0 Å². The summed E-state index contributed by atoms with van der Waals surface area (Å²) in [6.45, 7) is 4.95. The Morgan fingerprint density at radius 1 is 0.545 bits per heavy atom. The molecule has 0 aromatic carbocycles. The summed E-state index contributed by atoms with van der Waals surface area (Å²) in [4.78, 5) is 0. The van der Waals surface area contributed by atoms with E-state index in [9.17, 15) is 0 Å². The molecule has 128 valence electrons. The fourth-order valence-corrected chi connectivity index (χ4v) is 8.96. The monoisotopic (exact) mass is 340 g/mol. The Kier molecular flexibility index (Phi) is 6.93. The average molecular weight is 341 g/mol. The van der Waals surface area contributed by atoms with E-state index in [1.165, 1.54) is 77.0 Å². The Morgan fingerprint density at radius 3 is 1.41 bits per heavy atom. The van der Waals surface area contributed by atoms with Crippen LogP contribution in [0.4, 0.5) is 0 Å². The Morgan fingerprint density at radius 2 is 1.00 bits per heavy atom. The maximum absolute atomic E-state index is 2.48. The van der Waals surface area contributed by atoms with Crippen molar-refractivity contribution in [3.05, 3.63) is 0 Å². The average Bonchev–Trinajstić information content (AvgIpc) is 2.49. The Bertz CT molecular complexity index is 298. The summed E-state index contributed by atoms with van der Waals surface area (Å²) in [6, 6.07) is 0. The molecule has 0 heterocycles. The maximum Gasteiger partial charge on any atom is 0.0169 e. The molecule has 6 atom stereocenters. The predicted molar refractivity (Wildman–Crippen MR) is 104 cm³/mol. The summed E-state index contributed by atoms with van der Waals surface area (Å²) in [6.07, 6.45) is 18.0. The van der Waals surface area contributed by atoms with E-state index in [0.29, 0.717) is 0 Å². The highest BCUT2D eigenvalue weighted by atomic mass is 32.2. The molecule has 0 bridgehead atoms. The fourth-order valence-electron chi connectivity index (χ4n) is 4.87. The van der Waals surface area contributed by atoms with E-state index in [1.807, 2.05) is 0 Å². The van der Waals surface area contributed by atoms with E-state index in [4.69, 9.17) is 0 Å². The molecule has 0 aromatic rings. The van der Waals surface area contributed by atoms with Gasteiger partial charge in [-0.15, -0.1) is 0 Å². The van der Waals surface area contributed by atoms with Gasteiger partial charge in [-0.05, 0) is 50.4 Å². The zero-order chi connectivity index (χ0) is 15.4. The Hall–Kier alpha value is 0.700. The molecular weight excluding hydrogens is 304 g/mol. The standard InChI is InChI=1S/C20H36S2/c1-15-7-5-9-17(13-15)21-19-11-3-4-12-20(19)22-18-10-6-8-16(2)14-18/h15-20H,3-14H2,1-2H3. The van der Waals surface area contributed by atoms with E-state index in [0.717, 1.165) is 32.8 Å². The second-order valence-corrected chi connectivity index (χ2v) is 11.5. The molecule has 3 aliphatic carbocycles. The first-order valence-corrected chi connectivity index (χ1v) is 11.9. The zero-order valence-corrected chi connectivity index (χ0v) is 16.4. The van der Waals surface area contributed by atoms with E-state index in [2.05, 4.69) is 37.4 Å². The number of hydrogen-bond donors (Lipinski definition) is 0. The number of hydrogen-bond acceptors (Lipinski definition) is 2. The molecule has 0 nitrogen and oxygen atoms in total. The Labute approximate surface area is 147 Å². The molecule has 0 amide bonds. The first-order valence-electron chi connectivity index (χ1n) is 10.0. The molecular formula is C20H36S2. The van der Waals surface area contributed by atoms with Crippen LogP contribution in [0.5, 0.6) is 0 Å². The van der Waals surface area contributed by atoms with Crippen LogP contribution in [-0.2, 0) is 0 Å². The molecule has 0 spiro atoms. The lowest BCUT2D eigenvalue weighted by atomic mass is 9.90. The lowest BCUT2D eigenvalue weighted by molar-refractivity contribution is 0.390. The van der Waals surface area contributed by atoms with Crippen LogP contribution < -0.4 is 0 Å². The van der Waals surface area contributed by atoms with Gasteiger partial charge in [-0.3, -0.25) is 0 Å². The summed E-state index contributed by atoms with van der Waals surface area (Å²) < 4.78 is 0. The van der Waals surface area contributed by atoms with Crippen molar-refractivity contribution in [3.8, 4) is 0 Å². The van der Waals surface area contributed by atoms with Crippen LogP contribution in [0.3, 0.4) is 0 Å². The van der Waals surface area contributed by atoms with Crippen molar-refractivity contribution in [2.24, 2.45) is 11.8 Å². The van der Waals surface area contributed by atoms with Crippen molar-refractivity contribution < 1.29 is 0 Å². The van der Waals surface area contributed by atoms with Crippen molar-refractivity contribution in [1.82, 2.24) is 0 Å². The highest BCUT2D eigenvalue weighted by Crippen LogP contribution is 2.45. The Balaban J connectivity index is 1.51. The minimum atomic E-state index is 0.978. The minimum absolute atomic E-state index is 0.978. The molecule has 3 saturated carbocycles. The van der Waals surface area contributed by atoms with Gasteiger partial charge in [0.25, 0.3) is 0 Å². The summed E-state index contributed by atoms with van der Waals surface area (Å²) in [5, 5.41) is 3.93. The molecule has 0 aliphatic heterocycles. The summed E-state index contributed by atoms with van der Waals surface area (Å²) >= 11 is 4.84. The van der Waals surface area contributed by atoms with Crippen LogP contribution in [0, 0.1) is 11.8 Å². The molecule has 3 fully saturated rings. The van der Waals surface area contributed by atoms with Crippen LogP contribution in [0.1, 0.15) is 90.9 Å². The molecule has 2 heteroatoms. The first kappa shape index (κ1) is 17.5. The van der Waals surface area contributed by atoms with Crippen LogP contribution in [0.15, 0.2) is 0 Å². The van der Waals surface area contributed by atoms with E-state index in [1.54, 1.807) is 0 Å². The quantitative estimate of drug-likeness (QED) is 0.544. The van der Waals surface area contributed by atoms with Crippen LogP contribution >= 0.6 is 23.5 Å². The van der Waals surface area contributed by atoms with E-state index in [-0.39, 0.29) is 0 Å². The topological polar surface area (TPSA) is 0 Å². The predicted octanol–water partition coefficient (Wildman–Crippen LogP) is 6.92. The maximum atomic E-state index is 2.48. The molecule has 0 aromatic heterocycles. The summed E-state index contributed by atoms with van der Waals surface area (Å²) in [7, 11) is 0. The van der Waals surface area contributed by atoms with Gasteiger partial charge in [-0.25, -0.2) is 0 Å². The highest BCUT2D eigenvalue weighted by molar-refractivity contribution is 8.04. The van der Waals surface area contributed by atoms with Gasteiger partial charge in [-0.1, -0.05) is 52.4 Å². The largest absolute Gasteiger partial charge is 0.154 e. The van der Waals surface area contributed by atoms with Crippen LogP contribution in [-0.4, -0.2) is 21.0 Å². The number of thioether (sulfide) groups is 2. The van der Waals surface area contributed by atoms with Gasteiger partial charge in [0.1, 0.15) is 0 Å². The molecule has 22 heavy (non-hydrogen) atoms. The van der Waals surface area contributed by atoms with Crippen molar-refractivity contribution in [1.29, 1.82) is 0 Å². The highest BCUT2D eigenvalue weighted by Gasteiger charge is 2.32. The number of rotatable bonds is 4. The minimum Gasteiger partial charge on any atom is -0.154 e. The lowest BCUT2D eigenvalue weighted by Gasteiger charge is -2.38. The van der Waals surface area contributed by atoms with Crippen molar-refractivity contribution in [3.63, 3.8) is 0 Å². The van der Waals surface area contributed by atoms with Gasteiger partial charge in [0.2, 0.25) is 0 Å². The van der Waals surface area contributed by atoms with Gasteiger partial charge in [0.05, 0.1) is 0 Å². The van der Waals surface area contributed by atoms with Crippen molar-refractivity contribution >= 4 is 23.5 Å². The van der Waals surface area contributed by atoms with E-state index < -0.39 is 0 Å². The SMILES string of the molecule is CC1CCCC(SC2CCCCC2SC2CCCC(C)C2)C1. The van der Waals surface area contributed by atoms with Crippen molar-refractivity contribution in [2.75, 3.05) is 0 Å². The van der Waals surface area contributed by atoms with Gasteiger partial charge in [-0.2, -0.15) is 23.5 Å². The molecule has 0 radical (unpaired) electrons. The fraction of sp³-hybridized carbons (Fsp3) is 1.00. The molecule has 0 saturated heterocycles. The third-order valence-electron chi connectivity index (χ3n) is 6.15. The van der Waals surface area contributed by atoms with Crippen LogP contribution in [0.25, 0.3) is 0 Å². The molecule has 3 rings (SSSR count). The summed E-state index contributed by atoms with van der Waals surface area (Å²) in [5.41, 5.74) is 0. The summed E-state index contributed by atoms with van der Waals surface area (Å²) in [5.74, 6) is 1.97. The zero-order valence-electron chi connectivity index (χ0n) is 14.8. The van der Waals surface area contributed by atoms with Gasteiger partial charge in [0.15, 0.2) is 0 Å². The van der Waals surface area contributed by atoms with Crippen molar-refractivity contribution in [2.45, 2.75) is 112 Å². The molecule has 3 aliphatic rings. The lowest BCUT2D eigenvalue weighted by Crippen LogP contribution is -2.31. The third kappa shape index (κ3) is 5.10. The van der Waals surface area contributed by atoms with E-state index >= 15 is 0 Å². The second kappa shape index (κ2) is 8.70. The first-order chi connectivity index (χ1) is 10.7. The van der Waals surface area contributed by atoms with Gasteiger partial charge < -0.3 is 0 Å². The van der Waals surface area contributed by atoms with Crippen LogP contribution in [0.2, 0.25) is 0 Å². The third-order valence-corrected chi connectivity index (χ3v) is 9.78. The second-order valence-electron chi connectivity index (χ2n) is 8.42.